The zero-order valence-electron chi connectivity index (χ0n) is 19.5. The summed E-state index contributed by atoms with van der Waals surface area (Å²) in [5.74, 6) is -0.307. The fraction of sp³-hybridized carbons (Fsp3) is 0.241. The summed E-state index contributed by atoms with van der Waals surface area (Å²) < 4.78 is 0. The smallest absolute Gasteiger partial charge is 0.230 e. The number of halogens is 1. The lowest BCUT2D eigenvalue weighted by Crippen LogP contribution is -2.38. The molecule has 0 saturated heterocycles. The van der Waals surface area contributed by atoms with Gasteiger partial charge in [0.25, 0.3) is 0 Å². The Morgan fingerprint density at radius 1 is 1.03 bits per heavy atom. The van der Waals surface area contributed by atoms with Crippen molar-refractivity contribution in [2.75, 3.05) is 16.8 Å². The van der Waals surface area contributed by atoms with E-state index in [4.69, 9.17) is 11.6 Å². The monoisotopic (exact) mass is 486 g/mol. The van der Waals surface area contributed by atoms with E-state index < -0.39 is 6.04 Å². The first-order valence-corrected chi connectivity index (χ1v) is 12.2. The van der Waals surface area contributed by atoms with Crippen molar-refractivity contribution >= 4 is 34.7 Å². The number of aliphatic hydroxyl groups is 1. The fourth-order valence-electron chi connectivity index (χ4n) is 5.17. The molecular weight excluding hydrogens is 460 g/mol. The minimum absolute atomic E-state index is 0.0103. The van der Waals surface area contributed by atoms with Crippen LogP contribution in [0.25, 0.3) is 0 Å². The number of hydrogen-bond acceptors (Lipinski definition) is 4. The summed E-state index contributed by atoms with van der Waals surface area (Å²) >= 11 is 6.51. The zero-order chi connectivity index (χ0) is 24.5. The van der Waals surface area contributed by atoms with Crippen LogP contribution in [-0.4, -0.2) is 23.4 Å². The van der Waals surface area contributed by atoms with E-state index in [0.717, 1.165) is 28.1 Å². The van der Waals surface area contributed by atoms with Crippen molar-refractivity contribution in [2.45, 2.75) is 38.1 Å². The molecule has 1 aliphatic heterocycles. The molecule has 5 rings (SSSR count). The Hall–Kier alpha value is -3.41. The van der Waals surface area contributed by atoms with E-state index in [-0.39, 0.29) is 30.6 Å². The van der Waals surface area contributed by atoms with E-state index in [9.17, 15) is 14.7 Å². The number of allylic oxidation sites excluding steroid dienone is 1. The summed E-state index contributed by atoms with van der Waals surface area (Å²) in [7, 11) is 0. The van der Waals surface area contributed by atoms with Crippen LogP contribution in [0.1, 0.15) is 47.9 Å². The molecule has 178 valence electrons. The lowest BCUT2D eigenvalue weighted by atomic mass is 9.78. The molecule has 0 aromatic heterocycles. The van der Waals surface area contributed by atoms with Gasteiger partial charge in [0.2, 0.25) is 5.91 Å². The molecule has 2 atom stereocenters. The quantitative estimate of drug-likeness (QED) is 0.479. The summed E-state index contributed by atoms with van der Waals surface area (Å²) in [6.45, 7) is 1.74. The Bertz CT molecular complexity index is 1320. The number of carbonyl (C=O) groups is 2. The molecule has 1 aliphatic carbocycles. The van der Waals surface area contributed by atoms with Crippen LogP contribution in [0.5, 0.6) is 0 Å². The van der Waals surface area contributed by atoms with Crippen molar-refractivity contribution in [3.63, 3.8) is 0 Å². The second-order valence-corrected chi connectivity index (χ2v) is 9.54. The number of nitrogens with one attached hydrogen (secondary N) is 1. The lowest BCUT2D eigenvalue weighted by molar-refractivity contribution is -0.119. The minimum atomic E-state index is -0.597. The first-order chi connectivity index (χ1) is 17.0. The molecule has 0 bridgehead atoms. The number of carbonyl (C=O) groups excluding carboxylic acids is 2. The van der Waals surface area contributed by atoms with Crippen LogP contribution in [0, 0.1) is 6.92 Å². The van der Waals surface area contributed by atoms with Gasteiger partial charge in [0.1, 0.15) is 0 Å². The average molecular weight is 487 g/mol. The van der Waals surface area contributed by atoms with Gasteiger partial charge in [0, 0.05) is 22.7 Å². The largest absolute Gasteiger partial charge is 0.396 e. The maximum Gasteiger partial charge on any atom is 0.230 e. The summed E-state index contributed by atoms with van der Waals surface area (Å²) in [6, 6.07) is 22.6. The number of hydrogen-bond donors (Lipinski definition) is 2. The van der Waals surface area contributed by atoms with E-state index in [1.807, 2.05) is 79.7 Å². The molecule has 2 N–H and O–H groups in total. The van der Waals surface area contributed by atoms with Crippen molar-refractivity contribution in [1.82, 2.24) is 0 Å². The fourth-order valence-corrected chi connectivity index (χ4v) is 5.46. The second kappa shape index (κ2) is 9.68. The highest BCUT2D eigenvalue weighted by molar-refractivity contribution is 6.31. The first kappa shape index (κ1) is 23.3. The number of Topliss-reactive ketones (excluding diaryl/α,β-unsaturated/α-hetero) is 1. The van der Waals surface area contributed by atoms with Crippen LogP contribution in [0.4, 0.5) is 11.4 Å². The number of anilines is 2. The van der Waals surface area contributed by atoms with Crippen molar-refractivity contribution in [1.29, 1.82) is 0 Å². The molecule has 0 fully saturated rings. The Kier molecular flexibility index (Phi) is 6.46. The summed E-state index contributed by atoms with van der Waals surface area (Å²) in [6.07, 6.45) is 0.879. The number of nitrogens with zero attached hydrogens (tertiary/aromatic N) is 1. The van der Waals surface area contributed by atoms with Crippen molar-refractivity contribution < 1.29 is 14.7 Å². The molecule has 0 spiro atoms. The number of amides is 1. The standard InChI is InChI=1S/C29H27ClN2O3/c1-18-10-12-19(13-11-18)29-28-24(16-20(17-26(28)34)21-6-2-3-7-22(21)30)31-23-8-4-5-9-25(23)32(29)27(35)14-15-33/h2-13,20,29,31,33H,14-17H2,1H3/t20-,29+/m1/s1. The van der Waals surface area contributed by atoms with E-state index in [0.29, 0.717) is 29.1 Å². The molecule has 6 heteroatoms. The van der Waals surface area contributed by atoms with Gasteiger partial charge in [-0.3, -0.25) is 14.5 Å². The Morgan fingerprint density at radius 3 is 2.49 bits per heavy atom. The first-order valence-electron chi connectivity index (χ1n) is 11.8. The maximum atomic E-state index is 13.9. The summed E-state index contributed by atoms with van der Waals surface area (Å²) in [5.41, 5.74) is 5.76. The summed E-state index contributed by atoms with van der Waals surface area (Å²) in [5, 5.41) is 13.8. The van der Waals surface area contributed by atoms with Crippen molar-refractivity contribution in [3.8, 4) is 0 Å². The van der Waals surface area contributed by atoms with Crippen LogP contribution >= 0.6 is 11.6 Å². The normalized spacial score (nSPS) is 19.5. The van der Waals surface area contributed by atoms with Gasteiger partial charge >= 0.3 is 0 Å². The van der Waals surface area contributed by atoms with Gasteiger partial charge in [-0.2, -0.15) is 0 Å². The highest BCUT2D eigenvalue weighted by Crippen LogP contribution is 2.48. The van der Waals surface area contributed by atoms with Crippen LogP contribution in [0.15, 0.2) is 84.1 Å². The van der Waals surface area contributed by atoms with Gasteiger partial charge < -0.3 is 10.4 Å². The van der Waals surface area contributed by atoms with Gasteiger partial charge in [-0.15, -0.1) is 0 Å². The molecular formula is C29H27ClN2O3. The highest BCUT2D eigenvalue weighted by atomic mass is 35.5. The zero-order valence-corrected chi connectivity index (χ0v) is 20.3. The van der Waals surface area contributed by atoms with E-state index >= 15 is 0 Å². The summed E-state index contributed by atoms with van der Waals surface area (Å²) in [4.78, 5) is 29.0. The Labute approximate surface area is 210 Å². The second-order valence-electron chi connectivity index (χ2n) is 9.13. The molecule has 0 radical (unpaired) electrons. The molecule has 5 nitrogen and oxygen atoms in total. The average Bonchev–Trinajstić information content (AvgIpc) is 2.99. The van der Waals surface area contributed by atoms with E-state index in [2.05, 4.69) is 5.32 Å². The van der Waals surface area contributed by atoms with Crippen LogP contribution in [-0.2, 0) is 9.59 Å². The van der Waals surface area contributed by atoms with Gasteiger partial charge in [0.15, 0.2) is 5.78 Å². The number of fused-ring (bicyclic) bond motifs is 1. The third-order valence-corrected chi connectivity index (χ3v) is 7.17. The molecule has 3 aromatic carbocycles. The van der Waals surface area contributed by atoms with Gasteiger partial charge in [-0.05, 0) is 48.6 Å². The third kappa shape index (κ3) is 4.38. The maximum absolute atomic E-state index is 13.9. The number of rotatable bonds is 4. The lowest BCUT2D eigenvalue weighted by Gasteiger charge is -2.35. The van der Waals surface area contributed by atoms with E-state index in [1.54, 1.807) is 4.90 Å². The van der Waals surface area contributed by atoms with Gasteiger partial charge in [-0.25, -0.2) is 0 Å². The number of benzene rings is 3. The van der Waals surface area contributed by atoms with Crippen LogP contribution in [0.2, 0.25) is 5.02 Å². The van der Waals surface area contributed by atoms with E-state index in [1.165, 1.54) is 0 Å². The predicted octanol–water partition coefficient (Wildman–Crippen LogP) is 5.93. The predicted molar refractivity (Wildman–Crippen MR) is 139 cm³/mol. The number of aryl methyl sites for hydroxylation is 1. The van der Waals surface area contributed by atoms with Crippen molar-refractivity contribution in [3.05, 3.63) is 106 Å². The molecule has 3 aromatic rings. The van der Waals surface area contributed by atoms with Gasteiger partial charge in [0.05, 0.1) is 30.4 Å². The molecule has 35 heavy (non-hydrogen) atoms. The molecule has 2 aliphatic rings. The molecule has 0 saturated carbocycles. The minimum Gasteiger partial charge on any atom is -0.396 e. The van der Waals surface area contributed by atoms with Crippen LogP contribution < -0.4 is 10.2 Å². The number of aliphatic hydroxyl groups excluding tert-OH is 1. The Balaban J connectivity index is 1.71. The Morgan fingerprint density at radius 2 is 1.74 bits per heavy atom. The number of para-hydroxylation sites is 2. The van der Waals surface area contributed by atoms with Crippen LogP contribution in [0.3, 0.4) is 0 Å². The van der Waals surface area contributed by atoms with Crippen molar-refractivity contribution in [2.24, 2.45) is 0 Å². The third-order valence-electron chi connectivity index (χ3n) is 6.82. The molecule has 1 heterocycles. The molecule has 1 amide bonds. The number of ketones is 1. The topological polar surface area (TPSA) is 69.6 Å². The SMILES string of the molecule is Cc1ccc([C@H]2C3=C(C[C@@H](c4ccccc4Cl)CC3=O)Nc3ccccc3N2C(=O)CCO)cc1. The van der Waals surface area contributed by atoms with Gasteiger partial charge in [-0.1, -0.05) is 71.8 Å². The molecule has 0 unspecified atom stereocenters. The highest BCUT2D eigenvalue weighted by Gasteiger charge is 2.41.